The van der Waals surface area contributed by atoms with Crippen LogP contribution in [0.1, 0.15) is 6.92 Å². The number of halogens is 3. The maximum Gasteiger partial charge on any atom is 0.300 e. The molecule has 0 rings (SSSR count). The number of hydrogen-bond acceptors (Lipinski definition) is 1. The average Bonchev–Trinajstić information content (AvgIpc) is 1.31. The van der Waals surface area contributed by atoms with Gasteiger partial charge in [0.15, 0.2) is 5.84 Å². The van der Waals surface area contributed by atoms with Crippen LogP contribution in [-0.2, 0) is 0 Å². The van der Waals surface area contributed by atoms with Crippen molar-refractivity contribution in [2.75, 3.05) is 0 Å². The lowest BCUT2D eigenvalue weighted by Gasteiger charge is -2.04. The van der Waals surface area contributed by atoms with Gasteiger partial charge in [-0.05, 0) is 0 Å². The Morgan fingerprint density at radius 1 is 1.62 bits per heavy atom. The van der Waals surface area contributed by atoms with Crippen LogP contribution in [0.5, 0.6) is 0 Å². The topological polar surface area (TPSA) is 49.9 Å². The van der Waals surface area contributed by atoms with E-state index < -0.39 is 11.8 Å². The lowest BCUT2D eigenvalue weighted by molar-refractivity contribution is 0.0980. The van der Waals surface area contributed by atoms with Crippen LogP contribution in [0.3, 0.4) is 0 Å². The molecule has 0 unspecified atom stereocenters. The van der Waals surface area contributed by atoms with E-state index in [-0.39, 0.29) is 12.4 Å². The molecule has 0 aliphatic carbocycles. The molecule has 0 aliphatic rings. The van der Waals surface area contributed by atoms with E-state index in [1.165, 1.54) is 0 Å². The molecule has 0 heterocycles. The van der Waals surface area contributed by atoms with Gasteiger partial charge >= 0.3 is 5.92 Å². The molecule has 0 aromatic heterocycles. The summed E-state index contributed by atoms with van der Waals surface area (Å²) in [5, 5.41) is 6.17. The monoisotopic (exact) mass is 144 g/mol. The van der Waals surface area contributed by atoms with Crippen LogP contribution < -0.4 is 5.73 Å². The molecule has 0 aromatic carbocycles. The van der Waals surface area contributed by atoms with Gasteiger partial charge in [-0.25, -0.2) is 0 Å². The predicted octanol–water partition coefficient (Wildman–Crippen LogP) is 0.999. The van der Waals surface area contributed by atoms with Crippen molar-refractivity contribution in [2.45, 2.75) is 12.8 Å². The summed E-state index contributed by atoms with van der Waals surface area (Å²) in [7, 11) is 0. The second-order valence-electron chi connectivity index (χ2n) is 1.30. The summed E-state index contributed by atoms with van der Waals surface area (Å²) in [6.07, 6.45) is 0. The molecule has 3 N–H and O–H groups in total. The molecule has 0 spiro atoms. The zero-order valence-electron chi connectivity index (χ0n) is 4.24. The van der Waals surface area contributed by atoms with Gasteiger partial charge in [0.2, 0.25) is 0 Å². The Morgan fingerprint density at radius 3 is 1.75 bits per heavy atom. The summed E-state index contributed by atoms with van der Waals surface area (Å²) >= 11 is 0. The van der Waals surface area contributed by atoms with E-state index in [0.29, 0.717) is 6.92 Å². The Kier molecular flexibility index (Phi) is 3.72. The van der Waals surface area contributed by atoms with Crippen LogP contribution in [0.2, 0.25) is 0 Å². The Morgan fingerprint density at radius 2 is 1.75 bits per heavy atom. The minimum absolute atomic E-state index is 0. The summed E-state index contributed by atoms with van der Waals surface area (Å²) < 4.78 is 23.0. The zero-order chi connectivity index (χ0) is 6.08. The van der Waals surface area contributed by atoms with Gasteiger partial charge in [-0.2, -0.15) is 8.78 Å². The van der Waals surface area contributed by atoms with Gasteiger partial charge in [0.25, 0.3) is 0 Å². The summed E-state index contributed by atoms with van der Waals surface area (Å²) in [6, 6.07) is 0. The highest BCUT2D eigenvalue weighted by atomic mass is 35.5. The third kappa shape index (κ3) is 3.80. The third-order valence-corrected chi connectivity index (χ3v) is 0.473. The van der Waals surface area contributed by atoms with Gasteiger partial charge < -0.3 is 5.73 Å². The van der Waals surface area contributed by atoms with Crippen LogP contribution in [0.4, 0.5) is 8.78 Å². The fourth-order valence-electron chi connectivity index (χ4n) is 0. The number of alkyl halides is 2. The summed E-state index contributed by atoms with van der Waals surface area (Å²) in [6.45, 7) is 0.579. The highest BCUT2D eigenvalue weighted by Gasteiger charge is 2.24. The normalized spacial score (nSPS) is 9.88. The first kappa shape index (κ1) is 10.6. The first-order chi connectivity index (χ1) is 2.94. The first-order valence-corrected chi connectivity index (χ1v) is 1.67. The Bertz CT molecular complexity index is 87.8. The molecular weight excluding hydrogens is 137 g/mol. The molecule has 5 heteroatoms. The van der Waals surface area contributed by atoms with Gasteiger partial charge in [0.05, 0.1) is 0 Å². The molecule has 0 aliphatic heterocycles. The molecule has 2 nitrogen and oxygen atoms in total. The fraction of sp³-hybridized carbons (Fsp3) is 0.667. The number of hydrogen-bond donors (Lipinski definition) is 2. The van der Waals surface area contributed by atoms with Crippen LogP contribution in [-0.4, -0.2) is 11.8 Å². The molecule has 0 bridgehead atoms. The minimum atomic E-state index is -3.14. The Hall–Kier alpha value is -0.380. The van der Waals surface area contributed by atoms with Gasteiger partial charge in [0.1, 0.15) is 0 Å². The van der Waals surface area contributed by atoms with Crippen molar-refractivity contribution in [2.24, 2.45) is 5.73 Å². The average molecular weight is 145 g/mol. The van der Waals surface area contributed by atoms with Crippen molar-refractivity contribution < 1.29 is 8.78 Å². The molecule has 0 radical (unpaired) electrons. The molecular formula is C3H7ClF2N2. The van der Waals surface area contributed by atoms with Crippen molar-refractivity contribution in [1.29, 1.82) is 5.41 Å². The first-order valence-electron chi connectivity index (χ1n) is 1.67. The van der Waals surface area contributed by atoms with E-state index in [4.69, 9.17) is 5.41 Å². The molecule has 8 heavy (non-hydrogen) atoms. The summed E-state index contributed by atoms with van der Waals surface area (Å²) in [4.78, 5) is 0. The maximum atomic E-state index is 11.5. The van der Waals surface area contributed by atoms with Gasteiger partial charge in [-0.1, -0.05) is 0 Å². The van der Waals surface area contributed by atoms with Gasteiger partial charge in [-0.15, -0.1) is 12.4 Å². The highest BCUT2D eigenvalue weighted by molar-refractivity contribution is 5.85. The lowest BCUT2D eigenvalue weighted by Crippen LogP contribution is -2.31. The van der Waals surface area contributed by atoms with Crippen molar-refractivity contribution in [1.82, 2.24) is 0 Å². The molecule has 50 valence electrons. The second-order valence-corrected chi connectivity index (χ2v) is 1.30. The Balaban J connectivity index is 0. The number of rotatable bonds is 1. The predicted molar refractivity (Wildman–Crippen MR) is 29.8 cm³/mol. The van der Waals surface area contributed by atoms with E-state index in [0.717, 1.165) is 0 Å². The lowest BCUT2D eigenvalue weighted by atomic mass is 10.4. The smallest absolute Gasteiger partial charge is 0.300 e. The fourth-order valence-corrected chi connectivity index (χ4v) is 0. The minimum Gasteiger partial charge on any atom is -0.383 e. The second kappa shape index (κ2) is 2.81. The van der Waals surface area contributed by atoms with Crippen molar-refractivity contribution in [3.63, 3.8) is 0 Å². The highest BCUT2D eigenvalue weighted by Crippen LogP contribution is 2.08. The third-order valence-electron chi connectivity index (χ3n) is 0.473. The summed E-state index contributed by atoms with van der Waals surface area (Å²) in [5.41, 5.74) is 4.40. The molecule has 0 aromatic rings. The molecule has 0 atom stereocenters. The standard InChI is InChI=1S/C3H6F2N2.ClH/c1-3(4,5)2(6)7;/h1H3,(H3,6,7);1H. The maximum absolute atomic E-state index is 11.5. The van der Waals surface area contributed by atoms with Crippen molar-refractivity contribution in [3.05, 3.63) is 0 Å². The van der Waals surface area contributed by atoms with Gasteiger partial charge in [-0.3, -0.25) is 5.41 Å². The Labute approximate surface area is 52.0 Å². The van der Waals surface area contributed by atoms with Crippen LogP contribution >= 0.6 is 12.4 Å². The van der Waals surface area contributed by atoms with E-state index in [9.17, 15) is 8.78 Å². The SMILES string of the molecule is CC(F)(F)C(=N)N.Cl. The van der Waals surface area contributed by atoms with Crippen molar-refractivity contribution in [3.8, 4) is 0 Å². The van der Waals surface area contributed by atoms with E-state index in [2.05, 4.69) is 5.73 Å². The molecule has 0 amide bonds. The summed E-state index contributed by atoms with van der Waals surface area (Å²) in [5.74, 6) is -4.23. The van der Waals surface area contributed by atoms with Crippen LogP contribution in [0.25, 0.3) is 0 Å². The van der Waals surface area contributed by atoms with Crippen molar-refractivity contribution >= 4 is 18.2 Å². The van der Waals surface area contributed by atoms with Crippen LogP contribution in [0, 0.1) is 5.41 Å². The van der Waals surface area contributed by atoms with E-state index in [1.807, 2.05) is 0 Å². The zero-order valence-corrected chi connectivity index (χ0v) is 5.06. The van der Waals surface area contributed by atoms with Crippen LogP contribution in [0.15, 0.2) is 0 Å². The quantitative estimate of drug-likeness (QED) is 0.419. The molecule has 0 saturated carbocycles. The number of nitrogens with two attached hydrogens (primary N) is 1. The van der Waals surface area contributed by atoms with E-state index >= 15 is 0 Å². The molecule has 0 fully saturated rings. The number of amidine groups is 1. The van der Waals surface area contributed by atoms with E-state index in [1.54, 1.807) is 0 Å². The number of nitrogens with one attached hydrogen (secondary N) is 1. The molecule has 0 saturated heterocycles. The largest absolute Gasteiger partial charge is 0.383 e. The van der Waals surface area contributed by atoms with Gasteiger partial charge in [0, 0.05) is 6.92 Å².